The Kier molecular flexibility index (Phi) is 5.45. The minimum absolute atomic E-state index is 0.0610. The summed E-state index contributed by atoms with van der Waals surface area (Å²) >= 11 is 2.52. The van der Waals surface area contributed by atoms with Crippen molar-refractivity contribution >= 4 is 43.9 Å². The first-order valence-corrected chi connectivity index (χ1v) is 11.8. The van der Waals surface area contributed by atoms with E-state index >= 15 is 0 Å². The number of anilines is 1. The lowest BCUT2D eigenvalue weighted by Gasteiger charge is -2.05. The van der Waals surface area contributed by atoms with Crippen LogP contribution in [0, 0.1) is 13.8 Å². The Bertz CT molecular complexity index is 1440. The van der Waals surface area contributed by atoms with Crippen molar-refractivity contribution in [3.05, 3.63) is 55.8 Å². The Balaban J connectivity index is 1.41. The van der Waals surface area contributed by atoms with E-state index in [1.807, 2.05) is 6.92 Å². The molecular formula is C22H18F2N4O3S2. The number of alkyl halides is 2. The zero-order valence-corrected chi connectivity index (χ0v) is 19.3. The SMILES string of the molecule is Cc1sc(NC(=O)c2sc3nc4n(c(=O)c3c2C)CCC4)nc1-c1ccc(OC(F)F)cc1. The van der Waals surface area contributed by atoms with Gasteiger partial charge >= 0.3 is 6.61 Å². The van der Waals surface area contributed by atoms with Crippen molar-refractivity contribution < 1.29 is 18.3 Å². The fourth-order valence-corrected chi connectivity index (χ4v) is 5.87. The van der Waals surface area contributed by atoms with Crippen molar-refractivity contribution in [2.24, 2.45) is 0 Å². The van der Waals surface area contributed by atoms with Gasteiger partial charge in [-0.2, -0.15) is 8.78 Å². The lowest BCUT2D eigenvalue weighted by molar-refractivity contribution is -0.0498. The highest BCUT2D eigenvalue weighted by atomic mass is 32.1. The lowest BCUT2D eigenvalue weighted by Crippen LogP contribution is -2.20. The number of amides is 1. The molecule has 0 unspecified atom stereocenters. The van der Waals surface area contributed by atoms with Gasteiger partial charge in [-0.3, -0.25) is 19.5 Å². The van der Waals surface area contributed by atoms with Gasteiger partial charge in [0.1, 0.15) is 16.4 Å². The molecule has 0 radical (unpaired) electrons. The molecule has 0 spiro atoms. The summed E-state index contributed by atoms with van der Waals surface area (Å²) in [5.41, 5.74) is 1.89. The van der Waals surface area contributed by atoms with Gasteiger partial charge in [0, 0.05) is 23.4 Å². The van der Waals surface area contributed by atoms with E-state index in [2.05, 4.69) is 20.0 Å². The van der Waals surface area contributed by atoms with E-state index < -0.39 is 6.61 Å². The molecule has 7 nitrogen and oxygen atoms in total. The lowest BCUT2D eigenvalue weighted by atomic mass is 10.1. The number of carbonyl (C=O) groups is 1. The maximum Gasteiger partial charge on any atom is 0.387 e. The summed E-state index contributed by atoms with van der Waals surface area (Å²) in [5.74, 6) is 0.484. The number of fused-ring (bicyclic) bond motifs is 2. The quantitative estimate of drug-likeness (QED) is 0.427. The molecule has 5 rings (SSSR count). The molecule has 1 N–H and O–H groups in total. The van der Waals surface area contributed by atoms with Crippen LogP contribution in [-0.2, 0) is 13.0 Å². The van der Waals surface area contributed by atoms with Crippen LogP contribution in [-0.4, -0.2) is 27.1 Å². The number of aromatic nitrogens is 3. The number of nitrogens with zero attached hydrogens (tertiary/aromatic N) is 3. The van der Waals surface area contributed by atoms with Crippen molar-refractivity contribution in [3.8, 4) is 17.0 Å². The van der Waals surface area contributed by atoms with Crippen LogP contribution >= 0.6 is 22.7 Å². The summed E-state index contributed by atoms with van der Waals surface area (Å²) < 4.78 is 30.8. The summed E-state index contributed by atoms with van der Waals surface area (Å²) in [6.45, 7) is 1.40. The maximum atomic E-state index is 13.0. The molecule has 3 aromatic heterocycles. The summed E-state index contributed by atoms with van der Waals surface area (Å²) in [7, 11) is 0. The Morgan fingerprint density at radius 2 is 1.94 bits per heavy atom. The average molecular weight is 489 g/mol. The second kappa shape index (κ2) is 8.31. The molecule has 0 fully saturated rings. The van der Waals surface area contributed by atoms with E-state index in [0.29, 0.717) is 38.0 Å². The molecule has 0 saturated heterocycles. The highest BCUT2D eigenvalue weighted by Crippen LogP contribution is 2.33. The number of thiophene rings is 1. The largest absolute Gasteiger partial charge is 0.435 e. The van der Waals surface area contributed by atoms with Gasteiger partial charge in [0.2, 0.25) is 0 Å². The van der Waals surface area contributed by atoms with E-state index in [9.17, 15) is 18.4 Å². The van der Waals surface area contributed by atoms with E-state index in [1.165, 1.54) is 34.8 Å². The third-order valence-electron chi connectivity index (χ3n) is 5.49. The van der Waals surface area contributed by atoms with Crippen molar-refractivity contribution in [2.75, 3.05) is 5.32 Å². The van der Waals surface area contributed by atoms with Crippen LogP contribution in [0.15, 0.2) is 29.1 Å². The normalized spacial score (nSPS) is 13.0. The Hall–Kier alpha value is -3.18. The van der Waals surface area contributed by atoms with Gasteiger partial charge in [0.25, 0.3) is 11.5 Å². The third-order valence-corrected chi connectivity index (χ3v) is 7.56. The predicted octanol–water partition coefficient (Wildman–Crippen LogP) is 5.00. The van der Waals surface area contributed by atoms with Crippen LogP contribution in [0.2, 0.25) is 0 Å². The minimum Gasteiger partial charge on any atom is -0.435 e. The fraction of sp³-hybridized carbons (Fsp3) is 0.273. The number of carbonyl (C=O) groups excluding carboxylic acids is 1. The zero-order chi connectivity index (χ0) is 23.3. The molecule has 170 valence electrons. The first kappa shape index (κ1) is 21.7. The van der Waals surface area contributed by atoms with Crippen molar-refractivity contribution in [1.29, 1.82) is 0 Å². The van der Waals surface area contributed by atoms with Crippen LogP contribution in [0.3, 0.4) is 0 Å². The molecule has 0 atom stereocenters. The smallest absolute Gasteiger partial charge is 0.387 e. The van der Waals surface area contributed by atoms with E-state index in [0.717, 1.165) is 29.1 Å². The number of ether oxygens (including phenoxy) is 1. The number of hydrogen-bond acceptors (Lipinski definition) is 7. The van der Waals surface area contributed by atoms with E-state index in [1.54, 1.807) is 23.6 Å². The zero-order valence-electron chi connectivity index (χ0n) is 17.6. The molecule has 1 aliphatic rings. The highest BCUT2D eigenvalue weighted by Gasteiger charge is 2.24. The van der Waals surface area contributed by atoms with Crippen molar-refractivity contribution in [3.63, 3.8) is 0 Å². The molecule has 33 heavy (non-hydrogen) atoms. The van der Waals surface area contributed by atoms with Crippen LogP contribution in [0.5, 0.6) is 5.75 Å². The molecular weight excluding hydrogens is 470 g/mol. The van der Waals surface area contributed by atoms with Gasteiger partial charge in [-0.15, -0.1) is 22.7 Å². The molecule has 1 aromatic carbocycles. The average Bonchev–Trinajstić information content (AvgIpc) is 3.46. The summed E-state index contributed by atoms with van der Waals surface area (Å²) in [6.07, 6.45) is 1.67. The topological polar surface area (TPSA) is 86.1 Å². The number of halogens is 2. The minimum atomic E-state index is -2.89. The third kappa shape index (κ3) is 3.91. The summed E-state index contributed by atoms with van der Waals surface area (Å²) in [5, 5.41) is 3.73. The summed E-state index contributed by atoms with van der Waals surface area (Å²) in [4.78, 5) is 36.9. The molecule has 0 bridgehead atoms. The number of rotatable bonds is 5. The number of benzene rings is 1. The molecule has 4 heterocycles. The van der Waals surface area contributed by atoms with Crippen molar-refractivity contribution in [2.45, 2.75) is 39.8 Å². The van der Waals surface area contributed by atoms with Crippen LogP contribution in [0.4, 0.5) is 13.9 Å². The Morgan fingerprint density at radius 1 is 1.18 bits per heavy atom. The standard InChI is InChI=1S/C22H18F2N4O3S2/c1-10-15-19(25-14-4-3-9-28(14)20(15)30)33-17(10)18(29)27-22-26-16(11(2)32-22)12-5-7-13(8-6-12)31-21(23)24/h5-8,21H,3-4,9H2,1-2H3,(H,26,27,29). The van der Waals surface area contributed by atoms with Crippen LogP contribution < -0.4 is 15.6 Å². The van der Waals surface area contributed by atoms with Gasteiger partial charge in [-0.25, -0.2) is 9.97 Å². The number of thiazole rings is 1. The Morgan fingerprint density at radius 3 is 2.67 bits per heavy atom. The molecule has 0 saturated carbocycles. The van der Waals surface area contributed by atoms with E-state index in [4.69, 9.17) is 0 Å². The number of aryl methyl sites for hydroxylation is 3. The second-order valence-corrected chi connectivity index (χ2v) is 9.81. The number of hydrogen-bond donors (Lipinski definition) is 1. The fourth-order valence-electron chi connectivity index (χ4n) is 3.96. The number of nitrogens with one attached hydrogen (secondary N) is 1. The second-order valence-electron chi connectivity index (χ2n) is 7.61. The highest BCUT2D eigenvalue weighted by molar-refractivity contribution is 7.21. The van der Waals surface area contributed by atoms with Gasteiger partial charge in [-0.1, -0.05) is 0 Å². The Labute approximate surface area is 194 Å². The summed E-state index contributed by atoms with van der Waals surface area (Å²) in [6, 6.07) is 6.17. The van der Waals surface area contributed by atoms with Gasteiger partial charge in [0.15, 0.2) is 5.13 Å². The molecule has 0 aliphatic carbocycles. The van der Waals surface area contributed by atoms with E-state index in [-0.39, 0.29) is 17.2 Å². The molecule has 4 aromatic rings. The van der Waals surface area contributed by atoms with Crippen LogP contribution in [0.1, 0.15) is 32.4 Å². The molecule has 11 heteroatoms. The van der Waals surface area contributed by atoms with Crippen LogP contribution in [0.25, 0.3) is 21.5 Å². The first-order chi connectivity index (χ1) is 15.8. The van der Waals surface area contributed by atoms with Crippen molar-refractivity contribution in [1.82, 2.24) is 14.5 Å². The van der Waals surface area contributed by atoms with Gasteiger partial charge in [0.05, 0.1) is 16.0 Å². The van der Waals surface area contributed by atoms with Gasteiger partial charge < -0.3 is 4.74 Å². The monoisotopic (exact) mass is 488 g/mol. The molecule has 1 amide bonds. The molecule has 1 aliphatic heterocycles. The predicted molar refractivity (Wildman–Crippen MR) is 124 cm³/mol. The maximum absolute atomic E-state index is 13.0. The van der Waals surface area contributed by atoms with Gasteiger partial charge in [-0.05, 0) is 50.1 Å². The first-order valence-electron chi connectivity index (χ1n) is 10.2.